The van der Waals surface area contributed by atoms with Gasteiger partial charge in [0.15, 0.2) is 43.5 Å². The molecule has 7 saturated heterocycles. The molecule has 536 valence electrons. The summed E-state index contributed by atoms with van der Waals surface area (Å²) < 4.78 is 78.9. The summed E-state index contributed by atoms with van der Waals surface area (Å²) in [7, 11) is 0. The Balaban J connectivity index is 0.782. The SMILES string of the molecule is C[C@@H](CC[C@@]1(O)O[C@H]2C[C@H]3[C@@H]4CC[C@H]5C[C@@H](O[C@@H]6O[C@H](CO)[C@H](O[C@@H]7O[C@H](CO)[C@@H](O)[C@H](O[C@@H]8OC[C@@H](O)[C@H](O)[C@H]8O)[C@H]7O[C@@H]7OC[C@H](O)[C@H](O)[C@H]7O)[C@H](O)[C@H]6O[C@H]6O[C@@H](C)[C@H](O)[C@@H](O)[C@H]6O)CC[C@]5(C)[C@H]4CC(=O)[C@]3(C)[C@H]2[C@@H]1C)CO[C@@H]1O[C@H](CO)[C@@H](O)[C@H](O)[C@H]1O. The van der Waals surface area contributed by atoms with Crippen LogP contribution in [0, 0.1) is 52.3 Å². The molecule has 0 amide bonds. The molecule has 7 heterocycles. The molecular formula is C61H100O32. The summed E-state index contributed by atoms with van der Waals surface area (Å²) >= 11 is 0. The Bertz CT molecular complexity index is 2480. The van der Waals surface area contributed by atoms with Crippen molar-refractivity contribution < 1.29 is 158 Å². The third-order valence-electron chi connectivity index (χ3n) is 23.4. The average molecular weight is 1350 g/mol. The Kier molecular flexibility index (Phi) is 22.5. The van der Waals surface area contributed by atoms with Gasteiger partial charge in [0.1, 0.15) is 134 Å². The van der Waals surface area contributed by atoms with Gasteiger partial charge in [-0.05, 0) is 86.9 Å². The van der Waals surface area contributed by atoms with E-state index in [2.05, 4.69) is 6.92 Å². The lowest BCUT2D eigenvalue weighted by Crippen LogP contribution is -2.68. The zero-order valence-electron chi connectivity index (χ0n) is 52.7. The van der Waals surface area contributed by atoms with E-state index in [9.17, 15) is 91.9 Å². The van der Waals surface area contributed by atoms with Gasteiger partial charge in [0, 0.05) is 30.1 Å². The number of Topliss-reactive ketones (excluding diaryl/α,β-unsaturated/α-hetero) is 1. The molecule has 93 heavy (non-hydrogen) atoms. The summed E-state index contributed by atoms with van der Waals surface area (Å²) in [6.07, 6.45) is -44.1. The van der Waals surface area contributed by atoms with Crippen LogP contribution in [0.15, 0.2) is 0 Å². The van der Waals surface area contributed by atoms with Crippen LogP contribution in [-0.2, 0) is 66.4 Å². The van der Waals surface area contributed by atoms with E-state index in [-0.39, 0.29) is 65.8 Å². The van der Waals surface area contributed by atoms with Crippen molar-refractivity contribution in [3.63, 3.8) is 0 Å². The fraction of sp³-hybridized carbons (Fsp3) is 0.984. The van der Waals surface area contributed by atoms with Crippen LogP contribution < -0.4 is 0 Å². The summed E-state index contributed by atoms with van der Waals surface area (Å²) in [5, 5.41) is 195. The third-order valence-corrected chi connectivity index (χ3v) is 23.4. The summed E-state index contributed by atoms with van der Waals surface area (Å²) in [6, 6.07) is 0. The third kappa shape index (κ3) is 13.4. The van der Waals surface area contributed by atoms with Gasteiger partial charge in [-0.15, -0.1) is 0 Å². The minimum atomic E-state index is -2.00. The number of ether oxygens (including phenoxy) is 13. The molecule has 7 aliphatic heterocycles. The highest BCUT2D eigenvalue weighted by atomic mass is 16.8. The van der Waals surface area contributed by atoms with Crippen molar-refractivity contribution in [1.82, 2.24) is 0 Å². The molecule has 11 rings (SSSR count). The lowest BCUT2D eigenvalue weighted by atomic mass is 9.44. The van der Waals surface area contributed by atoms with Crippen molar-refractivity contribution >= 4 is 5.78 Å². The van der Waals surface area contributed by atoms with Crippen molar-refractivity contribution in [2.45, 2.75) is 282 Å². The van der Waals surface area contributed by atoms with Gasteiger partial charge in [-0.25, -0.2) is 0 Å². The Morgan fingerprint density at radius 1 is 0.538 bits per heavy atom. The van der Waals surface area contributed by atoms with Crippen molar-refractivity contribution in [2.75, 3.05) is 39.6 Å². The normalized spacial score (nSPS) is 55.4. The maximum absolute atomic E-state index is 15.0. The van der Waals surface area contributed by atoms with Gasteiger partial charge in [-0.3, -0.25) is 4.79 Å². The van der Waals surface area contributed by atoms with Crippen LogP contribution in [0.5, 0.6) is 0 Å². The fourth-order valence-corrected chi connectivity index (χ4v) is 17.6. The predicted molar refractivity (Wildman–Crippen MR) is 304 cm³/mol. The molecule has 0 unspecified atom stereocenters. The zero-order valence-corrected chi connectivity index (χ0v) is 52.7. The number of hydrogen-bond acceptors (Lipinski definition) is 32. The highest BCUT2D eigenvalue weighted by Crippen LogP contribution is 2.70. The van der Waals surface area contributed by atoms with E-state index < -0.39 is 228 Å². The van der Waals surface area contributed by atoms with E-state index in [0.29, 0.717) is 38.5 Å². The highest BCUT2D eigenvalue weighted by Gasteiger charge is 2.71. The Morgan fingerprint density at radius 3 is 1.73 bits per heavy atom. The van der Waals surface area contributed by atoms with Crippen molar-refractivity contribution in [3.05, 3.63) is 0 Å². The molecule has 0 aromatic heterocycles. The van der Waals surface area contributed by atoms with Crippen molar-refractivity contribution in [2.24, 2.45) is 52.3 Å². The molecule has 0 bridgehead atoms. The first-order chi connectivity index (χ1) is 44.0. The van der Waals surface area contributed by atoms with Crippen molar-refractivity contribution in [3.8, 4) is 0 Å². The molecule has 0 aromatic carbocycles. The second-order valence-corrected chi connectivity index (χ2v) is 28.8. The lowest BCUT2D eigenvalue weighted by Gasteiger charge is -2.60. The monoisotopic (exact) mass is 1340 g/mol. The maximum atomic E-state index is 15.0. The average Bonchev–Trinajstić information content (AvgIpc) is 1.56. The number of carbonyl (C=O) groups is 1. The number of fused-ring (bicyclic) bond motifs is 7. The molecule has 0 radical (unpaired) electrons. The van der Waals surface area contributed by atoms with Gasteiger partial charge in [-0.1, -0.05) is 27.7 Å². The minimum absolute atomic E-state index is 0.00902. The molecule has 0 spiro atoms. The predicted octanol–water partition coefficient (Wildman–Crippen LogP) is -6.82. The number of aliphatic hydroxyl groups is 18. The van der Waals surface area contributed by atoms with E-state index >= 15 is 4.79 Å². The van der Waals surface area contributed by atoms with Gasteiger partial charge >= 0.3 is 0 Å². The topological polar surface area (TPSA) is 501 Å². The Labute approximate surface area is 537 Å². The Hall–Kier alpha value is -1.57. The number of hydrogen-bond donors (Lipinski definition) is 18. The minimum Gasteiger partial charge on any atom is -0.394 e. The summed E-state index contributed by atoms with van der Waals surface area (Å²) in [5.41, 5.74) is -1.13. The van der Waals surface area contributed by atoms with Gasteiger partial charge in [0.05, 0.1) is 58.0 Å². The summed E-state index contributed by atoms with van der Waals surface area (Å²) in [6.45, 7) is 5.98. The molecule has 11 fully saturated rings. The van der Waals surface area contributed by atoms with Gasteiger partial charge in [0.2, 0.25) is 0 Å². The second kappa shape index (κ2) is 28.8. The maximum Gasteiger partial charge on any atom is 0.187 e. The first-order valence-electron chi connectivity index (χ1n) is 33.0. The molecule has 18 N–H and O–H groups in total. The fourth-order valence-electron chi connectivity index (χ4n) is 17.6. The summed E-state index contributed by atoms with van der Waals surface area (Å²) in [5.74, 6) is -2.15. The smallest absolute Gasteiger partial charge is 0.187 e. The van der Waals surface area contributed by atoms with E-state index in [1.165, 1.54) is 6.92 Å². The number of carbonyl (C=O) groups excluding carboxylic acids is 1. The van der Waals surface area contributed by atoms with E-state index in [0.717, 1.165) is 12.8 Å². The van der Waals surface area contributed by atoms with Crippen LogP contribution in [0.25, 0.3) is 0 Å². The number of ketones is 1. The molecular weight excluding hydrogens is 1240 g/mol. The molecule has 32 heteroatoms. The molecule has 11 aliphatic rings. The van der Waals surface area contributed by atoms with Crippen LogP contribution in [0.4, 0.5) is 0 Å². The van der Waals surface area contributed by atoms with Crippen LogP contribution in [0.3, 0.4) is 0 Å². The van der Waals surface area contributed by atoms with Crippen LogP contribution in [-0.4, -0.2) is 327 Å². The highest BCUT2D eigenvalue weighted by molar-refractivity contribution is 5.87. The second-order valence-electron chi connectivity index (χ2n) is 28.8. The van der Waals surface area contributed by atoms with Crippen molar-refractivity contribution in [1.29, 1.82) is 0 Å². The standard InChI is InChI=1S/C61H100O32/c1-21(18-81-53-46(77)43(74)40(71)32(15-62)86-53)8-11-61(80)22(2)36-31(93-61)13-28-26-7-6-24-12-25(9-10-59(24,4)27(26)14-35(67)60(28,36)5)85-57-51(91-56-47(78)42(73)37(68)23(3)84-56)48(79)49(34(17-64)88-57)89-58-52(92-55-45(76)39(70)30(66)20-83-55)50(41(72)33(16-63)87-58)90-54-44(75)38(69)29(65)19-82-54/h21-34,36-58,62-66,68-80H,6-20H2,1-5H3/t21-,22-,23-,24-,25-,26+,27-,28-,29+,30-,31-,32+,33+,34+,36-,37-,38-,39-,40+,41+,42+,43-,44+,45+,46+,47+,48-,49-,50-,51+,52+,53+,54-,55-,56+,57+,58-,59-,60+,61+/m0/s1. The van der Waals surface area contributed by atoms with E-state index in [4.69, 9.17) is 61.6 Å². The zero-order chi connectivity index (χ0) is 67.2. The molecule has 4 aliphatic carbocycles. The van der Waals surface area contributed by atoms with Gasteiger partial charge in [-0.2, -0.15) is 0 Å². The Morgan fingerprint density at radius 2 is 1.09 bits per heavy atom. The quantitative estimate of drug-likeness (QED) is 0.0535. The van der Waals surface area contributed by atoms with Crippen LogP contribution in [0.1, 0.15) is 92.4 Å². The van der Waals surface area contributed by atoms with E-state index in [1.807, 2.05) is 20.8 Å². The van der Waals surface area contributed by atoms with Crippen LogP contribution in [0.2, 0.25) is 0 Å². The van der Waals surface area contributed by atoms with E-state index in [1.54, 1.807) is 0 Å². The summed E-state index contributed by atoms with van der Waals surface area (Å²) in [4.78, 5) is 15.0. The first-order valence-corrected chi connectivity index (χ1v) is 33.0. The van der Waals surface area contributed by atoms with Gasteiger partial charge < -0.3 is 153 Å². The molecule has 4 saturated carbocycles. The van der Waals surface area contributed by atoms with Crippen LogP contribution >= 0.6 is 0 Å². The van der Waals surface area contributed by atoms with Gasteiger partial charge in [0.25, 0.3) is 0 Å². The number of aliphatic hydroxyl groups excluding tert-OH is 17. The lowest BCUT2D eigenvalue weighted by molar-refractivity contribution is -0.408. The number of rotatable bonds is 19. The molecule has 40 atom stereocenters. The largest absolute Gasteiger partial charge is 0.394 e. The first kappa shape index (κ1) is 72.7. The molecule has 32 nitrogen and oxygen atoms in total. The molecule has 0 aromatic rings.